The van der Waals surface area contributed by atoms with Crippen molar-refractivity contribution < 1.29 is 28.0 Å². The minimum atomic E-state index is -4.43. The number of nitrogen functional groups attached to an aromatic ring is 1. The van der Waals surface area contributed by atoms with Gasteiger partial charge in [-0.05, 0) is 18.2 Å². The smallest absolute Gasteiger partial charge is 0.360 e. The van der Waals surface area contributed by atoms with Crippen LogP contribution in [0, 0.1) is 0 Å². The number of aromatic hydroxyl groups is 1. The lowest BCUT2D eigenvalue weighted by atomic mass is 10.3. The second-order valence-corrected chi connectivity index (χ2v) is 5.19. The van der Waals surface area contributed by atoms with Crippen LogP contribution >= 0.6 is 0 Å². The number of carboxylic acid groups (broad SMARTS) is 1. The predicted octanol–water partition coefficient (Wildman–Crippen LogP) is 0.105. The number of aromatic nitrogens is 2. The van der Waals surface area contributed by atoms with Gasteiger partial charge < -0.3 is 15.9 Å². The number of aromatic carboxylic acids is 1. The van der Waals surface area contributed by atoms with Crippen LogP contribution in [0.4, 0.5) is 5.82 Å². The Kier molecular flexibility index (Phi) is 3.12. The Morgan fingerprint density at radius 3 is 2.50 bits per heavy atom. The minimum Gasteiger partial charge on any atom is -0.503 e. The molecule has 0 saturated carbocycles. The molecule has 0 bridgehead atoms. The summed E-state index contributed by atoms with van der Waals surface area (Å²) in [7, 11) is -4.43. The van der Waals surface area contributed by atoms with Crippen molar-refractivity contribution in [1.29, 1.82) is 0 Å². The van der Waals surface area contributed by atoms with Gasteiger partial charge in [0.05, 0.1) is 10.6 Å². The molecule has 0 amide bonds. The van der Waals surface area contributed by atoms with E-state index in [4.69, 9.17) is 15.4 Å². The third-order valence-electron chi connectivity index (χ3n) is 2.46. The second-order valence-electron chi connectivity index (χ2n) is 3.77. The first-order valence-corrected chi connectivity index (χ1v) is 6.54. The summed E-state index contributed by atoms with van der Waals surface area (Å²) < 4.78 is 31.9. The van der Waals surface area contributed by atoms with Gasteiger partial charge in [-0.3, -0.25) is 4.55 Å². The number of rotatable bonds is 3. The minimum absolute atomic E-state index is 0.0698. The topological polar surface area (TPSA) is 156 Å². The lowest BCUT2D eigenvalue weighted by Gasteiger charge is -2.05. The standard InChI is InChI=1S/C10H9N3O6S/c11-9-8(14)7(10(15)16)12-13(9)5-2-1-3-6(4-5)20(17,18)19/h1-4,14H,11H2,(H,15,16)(H,17,18,19). The molecule has 0 atom stereocenters. The van der Waals surface area contributed by atoms with Crippen LogP contribution in [-0.4, -0.2) is 38.9 Å². The Morgan fingerprint density at radius 2 is 2.00 bits per heavy atom. The molecule has 0 spiro atoms. The molecule has 0 aliphatic heterocycles. The first kappa shape index (κ1) is 13.8. The number of carboxylic acids is 1. The van der Waals surface area contributed by atoms with Gasteiger partial charge in [-0.25, -0.2) is 9.48 Å². The van der Waals surface area contributed by atoms with Gasteiger partial charge in [-0.2, -0.15) is 13.5 Å². The van der Waals surface area contributed by atoms with Gasteiger partial charge >= 0.3 is 5.97 Å². The number of nitrogens with two attached hydrogens (primary N) is 1. The first-order valence-electron chi connectivity index (χ1n) is 5.10. The van der Waals surface area contributed by atoms with Crippen molar-refractivity contribution in [3.8, 4) is 11.4 Å². The molecule has 2 rings (SSSR count). The van der Waals surface area contributed by atoms with Crippen LogP contribution in [-0.2, 0) is 10.1 Å². The van der Waals surface area contributed by atoms with Crippen molar-refractivity contribution >= 4 is 21.9 Å². The Morgan fingerprint density at radius 1 is 1.35 bits per heavy atom. The molecule has 10 heteroatoms. The SMILES string of the molecule is Nc1c(O)c(C(=O)O)nn1-c1cccc(S(=O)(=O)O)c1. The van der Waals surface area contributed by atoms with Gasteiger partial charge in [0.25, 0.3) is 10.1 Å². The molecule has 9 nitrogen and oxygen atoms in total. The average molecular weight is 299 g/mol. The Bertz CT molecular complexity index is 795. The van der Waals surface area contributed by atoms with Crippen LogP contribution < -0.4 is 5.73 Å². The van der Waals surface area contributed by atoms with Crippen LogP contribution in [0.3, 0.4) is 0 Å². The molecular formula is C10H9N3O6S. The van der Waals surface area contributed by atoms with Gasteiger partial charge in [0, 0.05) is 0 Å². The highest BCUT2D eigenvalue weighted by atomic mass is 32.2. The monoisotopic (exact) mass is 299 g/mol. The molecule has 0 saturated heterocycles. The van der Waals surface area contributed by atoms with Crippen molar-refractivity contribution in [1.82, 2.24) is 9.78 Å². The van der Waals surface area contributed by atoms with Crippen molar-refractivity contribution in [2.24, 2.45) is 0 Å². The number of benzene rings is 1. The second kappa shape index (κ2) is 4.51. The summed E-state index contributed by atoms with van der Waals surface area (Å²) >= 11 is 0. The molecule has 0 radical (unpaired) electrons. The third kappa shape index (κ3) is 2.29. The normalized spacial score (nSPS) is 11.4. The van der Waals surface area contributed by atoms with Crippen LogP contribution in [0.25, 0.3) is 5.69 Å². The first-order chi connectivity index (χ1) is 9.21. The van der Waals surface area contributed by atoms with Gasteiger partial charge in [0.15, 0.2) is 11.6 Å². The van der Waals surface area contributed by atoms with Crippen LogP contribution in [0.5, 0.6) is 5.75 Å². The zero-order valence-corrected chi connectivity index (χ0v) is 10.6. The maximum atomic E-state index is 11.0. The van der Waals surface area contributed by atoms with E-state index >= 15 is 0 Å². The van der Waals surface area contributed by atoms with E-state index in [1.165, 1.54) is 12.1 Å². The van der Waals surface area contributed by atoms with E-state index < -0.39 is 32.4 Å². The fourth-order valence-electron chi connectivity index (χ4n) is 1.54. The number of anilines is 1. The van der Waals surface area contributed by atoms with Crippen LogP contribution in [0.1, 0.15) is 10.5 Å². The molecule has 1 aromatic heterocycles. The summed E-state index contributed by atoms with van der Waals surface area (Å²) in [5.74, 6) is -2.58. The van der Waals surface area contributed by atoms with Crippen molar-refractivity contribution in [2.45, 2.75) is 4.90 Å². The lowest BCUT2D eigenvalue weighted by molar-refractivity contribution is 0.0687. The number of hydrogen-bond donors (Lipinski definition) is 4. The van der Waals surface area contributed by atoms with E-state index in [0.29, 0.717) is 0 Å². The fraction of sp³-hybridized carbons (Fsp3) is 0. The molecule has 106 valence electrons. The Balaban J connectivity index is 2.64. The summed E-state index contributed by atoms with van der Waals surface area (Å²) in [6.07, 6.45) is 0. The number of carbonyl (C=O) groups is 1. The highest BCUT2D eigenvalue weighted by molar-refractivity contribution is 7.85. The average Bonchev–Trinajstić information content (AvgIpc) is 2.66. The highest BCUT2D eigenvalue weighted by Gasteiger charge is 2.21. The van der Waals surface area contributed by atoms with Crippen LogP contribution in [0.15, 0.2) is 29.2 Å². The van der Waals surface area contributed by atoms with E-state index in [1.54, 1.807) is 0 Å². The number of hydrogen-bond acceptors (Lipinski definition) is 6. The zero-order chi connectivity index (χ0) is 15.1. The largest absolute Gasteiger partial charge is 0.503 e. The van der Waals surface area contributed by atoms with Crippen molar-refractivity contribution in [3.63, 3.8) is 0 Å². The predicted molar refractivity (Wildman–Crippen MR) is 66.4 cm³/mol. The molecule has 0 aliphatic rings. The summed E-state index contributed by atoms with van der Waals surface area (Å²) in [5.41, 5.74) is 4.91. The van der Waals surface area contributed by atoms with Crippen molar-refractivity contribution in [2.75, 3.05) is 5.73 Å². The molecule has 0 aliphatic carbocycles. The molecular weight excluding hydrogens is 290 g/mol. The Hall–Kier alpha value is -2.59. The van der Waals surface area contributed by atoms with Gasteiger partial charge in [0.1, 0.15) is 0 Å². The third-order valence-corrected chi connectivity index (χ3v) is 3.31. The molecule has 0 unspecified atom stereocenters. The molecule has 2 aromatic rings. The quantitative estimate of drug-likeness (QED) is 0.581. The summed E-state index contributed by atoms with van der Waals surface area (Å²) in [4.78, 5) is 10.4. The van der Waals surface area contributed by atoms with E-state index in [9.17, 15) is 18.3 Å². The van der Waals surface area contributed by atoms with E-state index in [-0.39, 0.29) is 11.5 Å². The van der Waals surface area contributed by atoms with Gasteiger partial charge in [-0.15, -0.1) is 0 Å². The van der Waals surface area contributed by atoms with Gasteiger partial charge in [0.2, 0.25) is 5.69 Å². The summed E-state index contributed by atoms with van der Waals surface area (Å²) in [5, 5.41) is 21.9. The van der Waals surface area contributed by atoms with Gasteiger partial charge in [-0.1, -0.05) is 6.07 Å². The molecule has 1 heterocycles. The molecule has 5 N–H and O–H groups in total. The summed E-state index contributed by atoms with van der Waals surface area (Å²) in [6.45, 7) is 0. The van der Waals surface area contributed by atoms with E-state index in [0.717, 1.165) is 16.8 Å². The highest BCUT2D eigenvalue weighted by Crippen LogP contribution is 2.28. The molecule has 0 fully saturated rings. The zero-order valence-electron chi connectivity index (χ0n) is 9.76. The fourth-order valence-corrected chi connectivity index (χ4v) is 2.06. The van der Waals surface area contributed by atoms with Crippen LogP contribution in [0.2, 0.25) is 0 Å². The Labute approximate surface area is 112 Å². The van der Waals surface area contributed by atoms with E-state index in [2.05, 4.69) is 5.10 Å². The maximum Gasteiger partial charge on any atom is 0.360 e. The molecule has 20 heavy (non-hydrogen) atoms. The van der Waals surface area contributed by atoms with E-state index in [1.807, 2.05) is 0 Å². The number of nitrogens with zero attached hydrogens (tertiary/aromatic N) is 2. The lowest BCUT2D eigenvalue weighted by Crippen LogP contribution is -2.05. The maximum absolute atomic E-state index is 11.0. The molecule has 1 aromatic carbocycles. The summed E-state index contributed by atoms with van der Waals surface area (Å²) in [6, 6.07) is 4.85. The van der Waals surface area contributed by atoms with Crippen molar-refractivity contribution in [3.05, 3.63) is 30.0 Å².